The molecule has 25 heavy (non-hydrogen) atoms. The van der Waals surface area contributed by atoms with Gasteiger partial charge in [-0.2, -0.15) is 0 Å². The molecule has 0 heterocycles. The second kappa shape index (κ2) is 7.25. The summed E-state index contributed by atoms with van der Waals surface area (Å²) >= 11 is 0. The Morgan fingerprint density at radius 2 is 1.56 bits per heavy atom. The molecule has 0 saturated heterocycles. The summed E-state index contributed by atoms with van der Waals surface area (Å²) in [6.45, 7) is 3.64. The van der Waals surface area contributed by atoms with Gasteiger partial charge in [0.15, 0.2) is 11.5 Å². The number of methoxy groups -OCH3 is 2. The Morgan fingerprint density at radius 3 is 2.08 bits per heavy atom. The minimum absolute atomic E-state index is 0.188. The van der Waals surface area contributed by atoms with E-state index in [9.17, 15) is 9.59 Å². The van der Waals surface area contributed by atoms with Crippen LogP contribution in [0.4, 0.5) is 5.69 Å². The number of anilines is 1. The first-order valence-corrected chi connectivity index (χ1v) is 7.73. The molecular formula is C19H22N2O4. The standard InChI is InChI=1S/C19H22N2O4/c1-19(2,13-7-10-15(24-3)16(11-13)25-4)18(23)21-14-8-5-12(6-9-14)17(20)22/h5-11H,1-4H3,(H2,20,22)(H,21,23). The van der Waals surface area contributed by atoms with E-state index in [0.717, 1.165) is 5.56 Å². The molecule has 0 atom stereocenters. The summed E-state index contributed by atoms with van der Waals surface area (Å²) < 4.78 is 10.5. The second-order valence-electron chi connectivity index (χ2n) is 6.09. The molecule has 0 fully saturated rings. The number of amides is 2. The molecule has 0 spiro atoms. The molecule has 0 saturated carbocycles. The average molecular weight is 342 g/mol. The van der Waals surface area contributed by atoms with Crippen LogP contribution in [0.15, 0.2) is 42.5 Å². The molecule has 0 bridgehead atoms. The van der Waals surface area contributed by atoms with Gasteiger partial charge in [-0.1, -0.05) is 6.07 Å². The third-order valence-electron chi connectivity index (χ3n) is 4.10. The van der Waals surface area contributed by atoms with Gasteiger partial charge < -0.3 is 20.5 Å². The van der Waals surface area contributed by atoms with E-state index in [1.807, 2.05) is 19.9 Å². The molecule has 0 aliphatic carbocycles. The van der Waals surface area contributed by atoms with E-state index < -0.39 is 11.3 Å². The van der Waals surface area contributed by atoms with Crippen molar-refractivity contribution in [3.63, 3.8) is 0 Å². The molecule has 0 radical (unpaired) electrons. The number of rotatable bonds is 6. The molecule has 0 aliphatic heterocycles. The smallest absolute Gasteiger partial charge is 0.248 e. The molecule has 2 rings (SSSR count). The lowest BCUT2D eigenvalue weighted by atomic mass is 9.83. The maximum absolute atomic E-state index is 12.7. The van der Waals surface area contributed by atoms with Crippen molar-refractivity contribution in [1.82, 2.24) is 0 Å². The lowest BCUT2D eigenvalue weighted by Crippen LogP contribution is -2.34. The average Bonchev–Trinajstić information content (AvgIpc) is 2.61. The number of nitrogens with one attached hydrogen (secondary N) is 1. The van der Waals surface area contributed by atoms with Gasteiger partial charge in [0.1, 0.15) is 0 Å². The van der Waals surface area contributed by atoms with Gasteiger partial charge >= 0.3 is 0 Å². The van der Waals surface area contributed by atoms with Gasteiger partial charge in [0.05, 0.1) is 19.6 Å². The predicted octanol–water partition coefficient (Wildman–Crippen LogP) is 2.72. The van der Waals surface area contributed by atoms with Crippen LogP contribution in [0.3, 0.4) is 0 Å². The van der Waals surface area contributed by atoms with Crippen LogP contribution in [0.1, 0.15) is 29.8 Å². The maximum atomic E-state index is 12.7. The zero-order valence-electron chi connectivity index (χ0n) is 14.8. The van der Waals surface area contributed by atoms with Crippen LogP contribution in [-0.2, 0) is 10.2 Å². The van der Waals surface area contributed by atoms with E-state index in [2.05, 4.69) is 5.32 Å². The van der Waals surface area contributed by atoms with E-state index in [0.29, 0.717) is 22.7 Å². The van der Waals surface area contributed by atoms with Crippen LogP contribution in [0.25, 0.3) is 0 Å². The monoisotopic (exact) mass is 342 g/mol. The zero-order chi connectivity index (χ0) is 18.6. The third kappa shape index (κ3) is 3.91. The Bertz CT molecular complexity index is 783. The van der Waals surface area contributed by atoms with Crippen LogP contribution in [0, 0.1) is 0 Å². The molecule has 6 nitrogen and oxygen atoms in total. The van der Waals surface area contributed by atoms with Crippen molar-refractivity contribution >= 4 is 17.5 Å². The Balaban J connectivity index is 2.23. The van der Waals surface area contributed by atoms with E-state index in [1.54, 1.807) is 50.6 Å². The van der Waals surface area contributed by atoms with Gasteiger partial charge in [-0.15, -0.1) is 0 Å². The number of nitrogens with two attached hydrogens (primary N) is 1. The Kier molecular flexibility index (Phi) is 5.32. The van der Waals surface area contributed by atoms with E-state index >= 15 is 0 Å². The number of hydrogen-bond donors (Lipinski definition) is 2. The Labute approximate surface area is 146 Å². The molecular weight excluding hydrogens is 320 g/mol. The van der Waals surface area contributed by atoms with Crippen molar-refractivity contribution in [3.8, 4) is 11.5 Å². The Morgan fingerprint density at radius 1 is 0.960 bits per heavy atom. The zero-order valence-corrected chi connectivity index (χ0v) is 14.8. The number of hydrogen-bond acceptors (Lipinski definition) is 4. The SMILES string of the molecule is COc1ccc(C(C)(C)C(=O)Nc2ccc(C(N)=O)cc2)cc1OC. The molecule has 2 amide bonds. The van der Waals surface area contributed by atoms with Gasteiger partial charge in [-0.25, -0.2) is 0 Å². The molecule has 2 aromatic rings. The minimum Gasteiger partial charge on any atom is -0.493 e. The highest BCUT2D eigenvalue weighted by Gasteiger charge is 2.30. The Hall–Kier alpha value is -3.02. The molecule has 6 heteroatoms. The van der Waals surface area contributed by atoms with E-state index in [-0.39, 0.29) is 5.91 Å². The van der Waals surface area contributed by atoms with Crippen LogP contribution >= 0.6 is 0 Å². The molecule has 2 aromatic carbocycles. The van der Waals surface area contributed by atoms with E-state index in [4.69, 9.17) is 15.2 Å². The number of carbonyl (C=O) groups is 2. The number of ether oxygens (including phenoxy) is 2. The molecule has 3 N–H and O–H groups in total. The van der Waals surface area contributed by atoms with Crippen LogP contribution in [-0.4, -0.2) is 26.0 Å². The first-order chi connectivity index (χ1) is 11.8. The summed E-state index contributed by atoms with van der Waals surface area (Å²) in [7, 11) is 3.11. The van der Waals surface area contributed by atoms with Gasteiger partial charge in [-0.3, -0.25) is 9.59 Å². The topological polar surface area (TPSA) is 90.6 Å². The van der Waals surface area contributed by atoms with Crippen molar-refractivity contribution in [2.75, 3.05) is 19.5 Å². The number of primary amides is 1. The fourth-order valence-electron chi connectivity index (χ4n) is 2.36. The fourth-order valence-corrected chi connectivity index (χ4v) is 2.36. The van der Waals surface area contributed by atoms with Crippen molar-refractivity contribution in [2.45, 2.75) is 19.3 Å². The number of benzene rings is 2. The fraction of sp³-hybridized carbons (Fsp3) is 0.263. The highest BCUT2D eigenvalue weighted by atomic mass is 16.5. The quantitative estimate of drug-likeness (QED) is 0.844. The van der Waals surface area contributed by atoms with Crippen molar-refractivity contribution in [3.05, 3.63) is 53.6 Å². The summed E-state index contributed by atoms with van der Waals surface area (Å²) in [6, 6.07) is 11.8. The number of carbonyl (C=O) groups excluding carboxylic acids is 2. The van der Waals surface area contributed by atoms with Crippen LogP contribution in [0.2, 0.25) is 0 Å². The molecule has 0 aromatic heterocycles. The minimum atomic E-state index is -0.804. The summed E-state index contributed by atoms with van der Waals surface area (Å²) in [5, 5.41) is 2.85. The van der Waals surface area contributed by atoms with Gasteiger partial charge in [0, 0.05) is 11.3 Å². The first kappa shape index (κ1) is 18.3. The molecule has 132 valence electrons. The largest absolute Gasteiger partial charge is 0.493 e. The van der Waals surface area contributed by atoms with Crippen molar-refractivity contribution in [1.29, 1.82) is 0 Å². The summed E-state index contributed by atoms with van der Waals surface area (Å²) in [6.07, 6.45) is 0. The maximum Gasteiger partial charge on any atom is 0.248 e. The van der Waals surface area contributed by atoms with Crippen molar-refractivity contribution < 1.29 is 19.1 Å². The molecule has 0 aliphatic rings. The van der Waals surface area contributed by atoms with Crippen molar-refractivity contribution in [2.24, 2.45) is 5.73 Å². The van der Waals surface area contributed by atoms with Gasteiger partial charge in [0.2, 0.25) is 11.8 Å². The lowest BCUT2D eigenvalue weighted by molar-refractivity contribution is -0.120. The summed E-state index contributed by atoms with van der Waals surface area (Å²) in [4.78, 5) is 23.8. The van der Waals surface area contributed by atoms with Gasteiger partial charge in [-0.05, 0) is 55.8 Å². The first-order valence-electron chi connectivity index (χ1n) is 7.73. The summed E-state index contributed by atoms with van der Waals surface area (Å²) in [5.74, 6) is 0.464. The third-order valence-corrected chi connectivity index (χ3v) is 4.10. The van der Waals surface area contributed by atoms with Gasteiger partial charge in [0.25, 0.3) is 0 Å². The van der Waals surface area contributed by atoms with E-state index in [1.165, 1.54) is 0 Å². The lowest BCUT2D eigenvalue weighted by Gasteiger charge is -2.25. The summed E-state index contributed by atoms with van der Waals surface area (Å²) in [5.41, 5.74) is 6.17. The highest BCUT2D eigenvalue weighted by Crippen LogP contribution is 2.33. The van der Waals surface area contributed by atoms with Crippen LogP contribution < -0.4 is 20.5 Å². The second-order valence-corrected chi connectivity index (χ2v) is 6.09. The predicted molar refractivity (Wildman–Crippen MR) is 96.2 cm³/mol. The molecule has 0 unspecified atom stereocenters. The highest BCUT2D eigenvalue weighted by molar-refractivity contribution is 5.99. The van der Waals surface area contributed by atoms with Crippen LogP contribution in [0.5, 0.6) is 11.5 Å². The normalized spacial score (nSPS) is 10.9.